The molecule has 1 N–H and O–H groups in total. The minimum Gasteiger partial charge on any atom is -0.352 e. The highest BCUT2D eigenvalue weighted by Crippen LogP contribution is 2.28. The molecule has 0 unspecified atom stereocenters. The van der Waals surface area contributed by atoms with Crippen molar-refractivity contribution in [2.75, 3.05) is 17.1 Å². The van der Waals surface area contributed by atoms with Crippen molar-refractivity contribution in [2.45, 2.75) is 66.1 Å². The van der Waals surface area contributed by atoms with Gasteiger partial charge in [-0.2, -0.15) is 0 Å². The van der Waals surface area contributed by atoms with Crippen molar-refractivity contribution < 1.29 is 18.0 Å². The molecule has 0 heterocycles. The summed E-state index contributed by atoms with van der Waals surface area (Å²) >= 11 is 12.3. The zero-order chi connectivity index (χ0) is 27.2. The van der Waals surface area contributed by atoms with Gasteiger partial charge in [-0.25, -0.2) is 8.42 Å². The number of anilines is 1. The van der Waals surface area contributed by atoms with E-state index < -0.39 is 28.5 Å². The van der Waals surface area contributed by atoms with Crippen molar-refractivity contribution >= 4 is 50.7 Å². The van der Waals surface area contributed by atoms with E-state index in [1.807, 2.05) is 26.8 Å². The molecule has 0 saturated heterocycles. The first-order valence-corrected chi connectivity index (χ1v) is 14.5. The van der Waals surface area contributed by atoms with Gasteiger partial charge in [0.25, 0.3) is 0 Å². The lowest BCUT2D eigenvalue weighted by atomic mass is 10.1. The fraction of sp³-hybridized carbons (Fsp3) is 0.462. The van der Waals surface area contributed by atoms with E-state index in [1.165, 1.54) is 4.90 Å². The molecule has 2 atom stereocenters. The van der Waals surface area contributed by atoms with E-state index in [-0.39, 0.29) is 18.5 Å². The van der Waals surface area contributed by atoms with Crippen LogP contribution in [0.4, 0.5) is 5.69 Å². The van der Waals surface area contributed by atoms with Gasteiger partial charge in [0.2, 0.25) is 21.8 Å². The minimum absolute atomic E-state index is 0.0620. The number of carbonyl (C=O) groups is 2. The summed E-state index contributed by atoms with van der Waals surface area (Å²) < 4.78 is 26.8. The maximum absolute atomic E-state index is 13.8. The van der Waals surface area contributed by atoms with Crippen LogP contribution in [-0.4, -0.2) is 50.0 Å². The van der Waals surface area contributed by atoms with E-state index >= 15 is 0 Å². The third-order valence-corrected chi connectivity index (χ3v) is 7.94. The van der Waals surface area contributed by atoms with Crippen molar-refractivity contribution in [3.05, 3.63) is 63.1 Å². The molecule has 2 rings (SSSR count). The molecule has 2 aromatic rings. The maximum atomic E-state index is 13.8. The SMILES string of the molecule is CC[C@H](C(=O)N[C@@H](C)CC)N(Cc1ccc(Cl)c(Cl)c1)C(=O)CN(c1c(C)cccc1C)S(C)(=O)=O. The van der Waals surface area contributed by atoms with Gasteiger partial charge in [-0.1, -0.05) is 61.3 Å². The van der Waals surface area contributed by atoms with Crippen LogP contribution >= 0.6 is 23.2 Å². The molecular formula is C26H35Cl2N3O4S. The van der Waals surface area contributed by atoms with Crippen molar-refractivity contribution in [3.8, 4) is 0 Å². The van der Waals surface area contributed by atoms with Crippen LogP contribution in [0.3, 0.4) is 0 Å². The monoisotopic (exact) mass is 555 g/mol. The Morgan fingerprint density at radius 3 is 2.11 bits per heavy atom. The van der Waals surface area contributed by atoms with Gasteiger partial charge in [-0.3, -0.25) is 13.9 Å². The highest BCUT2D eigenvalue weighted by molar-refractivity contribution is 7.92. The molecule has 0 fully saturated rings. The Bertz CT molecular complexity index is 1180. The number of hydrogen-bond donors (Lipinski definition) is 1. The van der Waals surface area contributed by atoms with Crippen LogP contribution in [0.1, 0.15) is 50.3 Å². The number of hydrogen-bond acceptors (Lipinski definition) is 4. The number of rotatable bonds is 11. The van der Waals surface area contributed by atoms with E-state index in [0.29, 0.717) is 27.7 Å². The predicted octanol–water partition coefficient (Wildman–Crippen LogP) is 5.10. The van der Waals surface area contributed by atoms with Crippen LogP contribution in [0, 0.1) is 13.8 Å². The number of nitrogens with zero attached hydrogens (tertiary/aromatic N) is 2. The van der Waals surface area contributed by atoms with Gasteiger partial charge in [0.15, 0.2) is 0 Å². The van der Waals surface area contributed by atoms with Crippen LogP contribution in [0.5, 0.6) is 0 Å². The average Bonchev–Trinajstić information content (AvgIpc) is 2.79. The Hall–Kier alpha value is -2.29. The van der Waals surface area contributed by atoms with Gasteiger partial charge in [-0.15, -0.1) is 0 Å². The molecule has 0 radical (unpaired) electrons. The molecule has 36 heavy (non-hydrogen) atoms. The number of amides is 2. The standard InChI is InChI=1S/C26H35Cl2N3O4S/c1-7-19(5)29-26(33)23(8-2)30(15-20-12-13-21(27)22(28)14-20)24(32)16-31(36(6,34)35)25-17(3)10-9-11-18(25)4/h9-14,19,23H,7-8,15-16H2,1-6H3,(H,29,33)/t19-,23+/m0/s1. The molecule has 2 amide bonds. The molecule has 0 saturated carbocycles. The predicted molar refractivity (Wildman–Crippen MR) is 147 cm³/mol. The highest BCUT2D eigenvalue weighted by Gasteiger charge is 2.33. The highest BCUT2D eigenvalue weighted by atomic mass is 35.5. The normalized spacial score (nSPS) is 13.1. The van der Waals surface area contributed by atoms with E-state index in [9.17, 15) is 18.0 Å². The lowest BCUT2D eigenvalue weighted by Crippen LogP contribution is -2.53. The first-order chi connectivity index (χ1) is 16.8. The largest absolute Gasteiger partial charge is 0.352 e. The Morgan fingerprint density at radius 2 is 1.61 bits per heavy atom. The lowest BCUT2D eigenvalue weighted by Gasteiger charge is -2.34. The van der Waals surface area contributed by atoms with Crippen molar-refractivity contribution in [1.29, 1.82) is 0 Å². The number of para-hydroxylation sites is 1. The molecule has 2 aromatic carbocycles. The number of sulfonamides is 1. The molecule has 10 heteroatoms. The van der Waals surface area contributed by atoms with E-state index in [0.717, 1.165) is 28.1 Å². The first-order valence-electron chi connectivity index (χ1n) is 11.9. The summed E-state index contributed by atoms with van der Waals surface area (Å²) in [5.41, 5.74) is 2.59. The van der Waals surface area contributed by atoms with Gasteiger partial charge in [0.05, 0.1) is 22.0 Å². The van der Waals surface area contributed by atoms with Crippen molar-refractivity contribution in [2.24, 2.45) is 0 Å². The molecule has 7 nitrogen and oxygen atoms in total. The van der Waals surface area contributed by atoms with E-state index in [1.54, 1.807) is 44.2 Å². The average molecular weight is 557 g/mol. The molecule has 0 spiro atoms. The molecular weight excluding hydrogens is 521 g/mol. The number of benzene rings is 2. The second-order valence-corrected chi connectivity index (χ2v) is 11.7. The summed E-state index contributed by atoms with van der Waals surface area (Å²) in [6, 6.07) is 9.55. The van der Waals surface area contributed by atoms with E-state index in [2.05, 4.69) is 5.32 Å². The molecule has 0 bridgehead atoms. The minimum atomic E-state index is -3.81. The summed E-state index contributed by atoms with van der Waals surface area (Å²) in [4.78, 5) is 28.4. The first kappa shape index (κ1) is 29.9. The zero-order valence-electron chi connectivity index (χ0n) is 21.6. The Morgan fingerprint density at radius 1 is 1.00 bits per heavy atom. The van der Waals surface area contributed by atoms with Crippen LogP contribution < -0.4 is 9.62 Å². The van der Waals surface area contributed by atoms with Crippen LogP contribution in [-0.2, 0) is 26.2 Å². The van der Waals surface area contributed by atoms with Crippen LogP contribution in [0.2, 0.25) is 10.0 Å². The lowest BCUT2D eigenvalue weighted by molar-refractivity contribution is -0.140. The van der Waals surface area contributed by atoms with E-state index in [4.69, 9.17) is 23.2 Å². The molecule has 0 aromatic heterocycles. The number of halogens is 2. The molecule has 0 aliphatic carbocycles. The quantitative estimate of drug-likeness (QED) is 0.418. The van der Waals surface area contributed by atoms with Gasteiger partial charge >= 0.3 is 0 Å². The summed E-state index contributed by atoms with van der Waals surface area (Å²) in [5, 5.41) is 3.64. The summed E-state index contributed by atoms with van der Waals surface area (Å²) in [7, 11) is -3.81. The van der Waals surface area contributed by atoms with Crippen molar-refractivity contribution in [3.63, 3.8) is 0 Å². The molecule has 0 aliphatic rings. The summed E-state index contributed by atoms with van der Waals surface area (Å²) in [6.07, 6.45) is 2.15. The molecule has 198 valence electrons. The Labute approximate surface area is 224 Å². The summed E-state index contributed by atoms with van der Waals surface area (Å²) in [5.74, 6) is -0.793. The van der Waals surface area contributed by atoms with Gasteiger partial charge < -0.3 is 10.2 Å². The van der Waals surface area contributed by atoms with Crippen LogP contribution in [0.25, 0.3) is 0 Å². The second-order valence-electron chi connectivity index (χ2n) is 9.02. The third-order valence-electron chi connectivity index (χ3n) is 6.09. The van der Waals surface area contributed by atoms with Gasteiger partial charge in [0.1, 0.15) is 12.6 Å². The van der Waals surface area contributed by atoms with Gasteiger partial charge in [0, 0.05) is 12.6 Å². The Balaban J connectivity index is 2.52. The fourth-order valence-electron chi connectivity index (χ4n) is 3.97. The number of nitrogens with one attached hydrogen (secondary N) is 1. The summed E-state index contributed by atoms with van der Waals surface area (Å²) in [6.45, 7) is 8.88. The number of aryl methyl sites for hydroxylation is 2. The fourth-order valence-corrected chi connectivity index (χ4v) is 5.26. The van der Waals surface area contributed by atoms with Crippen molar-refractivity contribution in [1.82, 2.24) is 10.2 Å². The molecule has 0 aliphatic heterocycles. The maximum Gasteiger partial charge on any atom is 0.244 e. The van der Waals surface area contributed by atoms with Gasteiger partial charge in [-0.05, 0) is 62.4 Å². The Kier molecular flexibility index (Phi) is 10.6. The number of carbonyl (C=O) groups excluding carboxylic acids is 2. The third kappa shape index (κ3) is 7.60. The smallest absolute Gasteiger partial charge is 0.244 e. The zero-order valence-corrected chi connectivity index (χ0v) is 24.0. The second kappa shape index (κ2) is 12.8. The van der Waals surface area contributed by atoms with Crippen LogP contribution in [0.15, 0.2) is 36.4 Å². The topological polar surface area (TPSA) is 86.8 Å².